The Kier molecular flexibility index (Phi) is 2.91. The SMILES string of the molecule is Cc1noc2nccc(N[C@H]3CCCC[C@@H]3N)c12. The summed E-state index contributed by atoms with van der Waals surface area (Å²) in [5.41, 5.74) is 8.65. The monoisotopic (exact) mass is 246 g/mol. The van der Waals surface area contributed by atoms with Crippen LogP contribution >= 0.6 is 0 Å². The Morgan fingerprint density at radius 1 is 1.39 bits per heavy atom. The van der Waals surface area contributed by atoms with Crippen LogP contribution in [0.4, 0.5) is 5.69 Å². The van der Waals surface area contributed by atoms with Crippen LogP contribution in [0.5, 0.6) is 0 Å². The molecule has 1 aliphatic carbocycles. The van der Waals surface area contributed by atoms with Gasteiger partial charge in [-0.1, -0.05) is 18.0 Å². The van der Waals surface area contributed by atoms with Gasteiger partial charge in [-0.2, -0.15) is 0 Å². The maximum absolute atomic E-state index is 6.17. The molecule has 0 spiro atoms. The number of aromatic nitrogens is 2. The lowest BCUT2D eigenvalue weighted by Crippen LogP contribution is -2.42. The van der Waals surface area contributed by atoms with E-state index < -0.39 is 0 Å². The standard InChI is InChI=1S/C13H18N4O/c1-8-12-11(6-7-15-13(12)18-17-8)16-10-5-3-2-4-9(10)14/h6-7,9-10H,2-5,14H2,1H3,(H,15,16)/t9-,10-/m0/s1. The number of nitrogens with one attached hydrogen (secondary N) is 1. The number of hydrogen-bond acceptors (Lipinski definition) is 5. The normalized spacial score (nSPS) is 24.3. The van der Waals surface area contributed by atoms with E-state index in [1.165, 1.54) is 12.8 Å². The molecule has 0 saturated heterocycles. The van der Waals surface area contributed by atoms with Gasteiger partial charge >= 0.3 is 0 Å². The van der Waals surface area contributed by atoms with Gasteiger partial charge in [-0.15, -0.1) is 0 Å². The third-order valence-corrected chi connectivity index (χ3v) is 3.71. The average Bonchev–Trinajstić information content (AvgIpc) is 2.75. The molecular formula is C13H18N4O. The van der Waals surface area contributed by atoms with Crippen LogP contribution in [-0.2, 0) is 0 Å². The van der Waals surface area contributed by atoms with E-state index in [9.17, 15) is 0 Å². The molecule has 96 valence electrons. The first kappa shape index (κ1) is 11.5. The fourth-order valence-electron chi connectivity index (χ4n) is 2.68. The van der Waals surface area contributed by atoms with Gasteiger partial charge in [0, 0.05) is 18.3 Å². The van der Waals surface area contributed by atoms with Crippen molar-refractivity contribution in [2.75, 3.05) is 5.32 Å². The molecule has 0 radical (unpaired) electrons. The molecule has 1 fully saturated rings. The molecule has 3 N–H and O–H groups in total. The molecule has 5 heteroatoms. The third-order valence-electron chi connectivity index (χ3n) is 3.71. The van der Waals surface area contributed by atoms with E-state index in [-0.39, 0.29) is 6.04 Å². The van der Waals surface area contributed by atoms with Crippen LogP contribution in [0.25, 0.3) is 11.1 Å². The van der Waals surface area contributed by atoms with Crippen LogP contribution in [0.15, 0.2) is 16.8 Å². The van der Waals surface area contributed by atoms with Crippen LogP contribution in [0.3, 0.4) is 0 Å². The summed E-state index contributed by atoms with van der Waals surface area (Å²) in [7, 11) is 0. The lowest BCUT2D eigenvalue weighted by Gasteiger charge is -2.30. The topological polar surface area (TPSA) is 77.0 Å². The fourth-order valence-corrected chi connectivity index (χ4v) is 2.68. The smallest absolute Gasteiger partial charge is 0.260 e. The highest BCUT2D eigenvalue weighted by molar-refractivity contribution is 5.89. The van der Waals surface area contributed by atoms with Gasteiger partial charge in [0.15, 0.2) is 0 Å². The number of hydrogen-bond donors (Lipinski definition) is 2. The first-order valence-electron chi connectivity index (χ1n) is 6.49. The van der Waals surface area contributed by atoms with Gasteiger partial charge in [-0.25, -0.2) is 4.98 Å². The number of aryl methyl sites for hydroxylation is 1. The van der Waals surface area contributed by atoms with Gasteiger partial charge in [0.2, 0.25) is 0 Å². The molecule has 1 aliphatic rings. The molecule has 18 heavy (non-hydrogen) atoms. The van der Waals surface area contributed by atoms with Gasteiger partial charge < -0.3 is 15.6 Å². The lowest BCUT2D eigenvalue weighted by atomic mass is 9.91. The summed E-state index contributed by atoms with van der Waals surface area (Å²) in [5.74, 6) is 0. The summed E-state index contributed by atoms with van der Waals surface area (Å²) in [5, 5.41) is 8.46. The van der Waals surface area contributed by atoms with E-state index in [2.05, 4.69) is 15.5 Å². The molecule has 3 rings (SSSR count). The van der Waals surface area contributed by atoms with Crippen LogP contribution in [0.2, 0.25) is 0 Å². The van der Waals surface area contributed by atoms with Crippen LogP contribution in [0, 0.1) is 6.92 Å². The molecule has 0 unspecified atom stereocenters. The second-order valence-electron chi connectivity index (χ2n) is 5.01. The molecule has 0 bridgehead atoms. The van der Waals surface area contributed by atoms with Gasteiger partial charge in [0.1, 0.15) is 0 Å². The summed E-state index contributed by atoms with van der Waals surface area (Å²) >= 11 is 0. The zero-order valence-corrected chi connectivity index (χ0v) is 10.5. The Morgan fingerprint density at radius 3 is 3.06 bits per heavy atom. The van der Waals surface area contributed by atoms with Crippen molar-refractivity contribution in [1.29, 1.82) is 0 Å². The third kappa shape index (κ3) is 1.95. The number of nitrogens with two attached hydrogens (primary N) is 1. The maximum Gasteiger partial charge on any atom is 0.260 e. The minimum atomic E-state index is 0.224. The van der Waals surface area contributed by atoms with Crippen LogP contribution in [-0.4, -0.2) is 22.2 Å². The zero-order valence-electron chi connectivity index (χ0n) is 10.5. The van der Waals surface area contributed by atoms with Crippen molar-refractivity contribution in [3.05, 3.63) is 18.0 Å². The van der Waals surface area contributed by atoms with Crippen LogP contribution < -0.4 is 11.1 Å². The van der Waals surface area contributed by atoms with Crippen molar-refractivity contribution in [2.24, 2.45) is 5.73 Å². The summed E-state index contributed by atoms with van der Waals surface area (Å²) < 4.78 is 5.17. The van der Waals surface area contributed by atoms with E-state index >= 15 is 0 Å². The van der Waals surface area contributed by atoms with Crippen molar-refractivity contribution in [2.45, 2.75) is 44.7 Å². The number of fused-ring (bicyclic) bond motifs is 1. The molecule has 0 aromatic carbocycles. The summed E-state index contributed by atoms with van der Waals surface area (Å²) in [4.78, 5) is 4.17. The predicted octanol–water partition coefficient (Wildman–Crippen LogP) is 2.21. The molecule has 1 saturated carbocycles. The Morgan fingerprint density at radius 2 is 2.22 bits per heavy atom. The van der Waals surface area contributed by atoms with E-state index in [4.69, 9.17) is 10.3 Å². The second-order valence-corrected chi connectivity index (χ2v) is 5.01. The van der Waals surface area contributed by atoms with E-state index in [1.54, 1.807) is 6.20 Å². The minimum Gasteiger partial charge on any atom is -0.380 e. The maximum atomic E-state index is 6.17. The van der Waals surface area contributed by atoms with Crippen LogP contribution in [0.1, 0.15) is 31.4 Å². The Hall–Kier alpha value is -1.62. The molecule has 2 heterocycles. The van der Waals surface area contributed by atoms with Crippen molar-refractivity contribution in [1.82, 2.24) is 10.1 Å². The van der Waals surface area contributed by atoms with Gasteiger partial charge in [-0.3, -0.25) is 0 Å². The van der Waals surface area contributed by atoms with Crippen molar-refractivity contribution < 1.29 is 4.52 Å². The quantitative estimate of drug-likeness (QED) is 0.849. The van der Waals surface area contributed by atoms with E-state index in [0.29, 0.717) is 11.8 Å². The summed E-state index contributed by atoms with van der Waals surface area (Å²) in [6.45, 7) is 1.93. The van der Waals surface area contributed by atoms with Crippen molar-refractivity contribution >= 4 is 16.8 Å². The fraction of sp³-hybridized carbons (Fsp3) is 0.538. The van der Waals surface area contributed by atoms with Gasteiger partial charge in [0.25, 0.3) is 5.71 Å². The zero-order chi connectivity index (χ0) is 12.5. The van der Waals surface area contributed by atoms with Gasteiger partial charge in [-0.05, 0) is 25.8 Å². The highest BCUT2D eigenvalue weighted by atomic mass is 16.5. The molecule has 2 aromatic rings. The second kappa shape index (κ2) is 4.57. The molecule has 0 aliphatic heterocycles. The molecule has 5 nitrogen and oxygen atoms in total. The molecule has 2 atom stereocenters. The Labute approximate surface area is 106 Å². The number of rotatable bonds is 2. The first-order valence-corrected chi connectivity index (χ1v) is 6.49. The molecular weight excluding hydrogens is 228 g/mol. The predicted molar refractivity (Wildman–Crippen MR) is 70.4 cm³/mol. The van der Waals surface area contributed by atoms with Gasteiger partial charge in [0.05, 0.1) is 16.8 Å². The molecule has 0 amide bonds. The minimum absolute atomic E-state index is 0.224. The summed E-state index contributed by atoms with van der Waals surface area (Å²) in [6.07, 6.45) is 6.42. The Bertz CT molecular complexity index is 551. The average molecular weight is 246 g/mol. The van der Waals surface area contributed by atoms with Crippen molar-refractivity contribution in [3.8, 4) is 0 Å². The Balaban J connectivity index is 1.92. The number of pyridine rings is 1. The largest absolute Gasteiger partial charge is 0.380 e. The highest BCUT2D eigenvalue weighted by Gasteiger charge is 2.22. The van der Waals surface area contributed by atoms with E-state index in [1.807, 2.05) is 13.0 Å². The van der Waals surface area contributed by atoms with E-state index in [0.717, 1.165) is 29.6 Å². The number of nitrogens with zero attached hydrogens (tertiary/aromatic N) is 2. The summed E-state index contributed by atoms with van der Waals surface area (Å²) in [6, 6.07) is 2.52. The molecule has 2 aromatic heterocycles. The lowest BCUT2D eigenvalue weighted by molar-refractivity contribution is 0.404. The number of anilines is 1. The highest BCUT2D eigenvalue weighted by Crippen LogP contribution is 2.28. The first-order chi connectivity index (χ1) is 8.75. The van der Waals surface area contributed by atoms with Crippen molar-refractivity contribution in [3.63, 3.8) is 0 Å².